The first-order valence-corrected chi connectivity index (χ1v) is 6.13. The highest BCUT2D eigenvalue weighted by atomic mass is 19.4. The zero-order valence-electron chi connectivity index (χ0n) is 10.8. The Balaban J connectivity index is 1.98. The molecule has 5 nitrogen and oxygen atoms in total. The number of carboxylic acid groups (broad SMARTS) is 1. The topological polar surface area (TPSA) is 66.8 Å². The third-order valence-corrected chi connectivity index (χ3v) is 3.06. The lowest BCUT2D eigenvalue weighted by atomic mass is 10.2. The molecule has 1 atom stereocenters. The number of rotatable bonds is 3. The van der Waals surface area contributed by atoms with Crippen LogP contribution in [0, 0.1) is 0 Å². The number of benzene rings is 1. The van der Waals surface area contributed by atoms with Crippen molar-refractivity contribution in [3.05, 3.63) is 29.8 Å². The normalized spacial score (nSPS) is 18.6. The summed E-state index contributed by atoms with van der Waals surface area (Å²) < 4.78 is 42.3. The molecule has 8 heteroatoms. The van der Waals surface area contributed by atoms with E-state index in [2.05, 4.69) is 0 Å². The molecule has 0 saturated carbocycles. The molecular weight excluding hydrogens is 291 g/mol. The van der Waals surface area contributed by atoms with E-state index in [4.69, 9.17) is 9.84 Å². The Labute approximate surface area is 117 Å². The van der Waals surface area contributed by atoms with Crippen molar-refractivity contribution in [3.63, 3.8) is 0 Å². The Hall–Kier alpha value is -2.25. The van der Waals surface area contributed by atoms with E-state index in [9.17, 15) is 22.8 Å². The summed E-state index contributed by atoms with van der Waals surface area (Å²) in [6.45, 7) is -0.211. The molecule has 0 aromatic heterocycles. The number of nitrogens with zero attached hydrogens (tertiary/aromatic N) is 1. The van der Waals surface area contributed by atoms with Gasteiger partial charge < -0.3 is 14.7 Å². The lowest BCUT2D eigenvalue weighted by Gasteiger charge is -2.18. The van der Waals surface area contributed by atoms with Crippen molar-refractivity contribution in [1.29, 1.82) is 0 Å². The zero-order chi connectivity index (χ0) is 15.6. The smallest absolute Gasteiger partial charge is 0.471 e. The molecule has 1 saturated heterocycles. The van der Waals surface area contributed by atoms with Gasteiger partial charge in [0.15, 0.2) is 0 Å². The molecule has 2 rings (SSSR count). The summed E-state index contributed by atoms with van der Waals surface area (Å²) in [5.41, 5.74) is 0.0220. The van der Waals surface area contributed by atoms with Crippen LogP contribution in [0.4, 0.5) is 13.2 Å². The van der Waals surface area contributed by atoms with E-state index in [0.717, 1.165) is 0 Å². The summed E-state index contributed by atoms with van der Waals surface area (Å²) in [5, 5.41) is 8.84. The van der Waals surface area contributed by atoms with E-state index < -0.39 is 24.2 Å². The highest BCUT2D eigenvalue weighted by Crippen LogP contribution is 2.24. The second-order valence-electron chi connectivity index (χ2n) is 4.61. The van der Waals surface area contributed by atoms with Crippen LogP contribution in [-0.4, -0.2) is 47.3 Å². The molecule has 21 heavy (non-hydrogen) atoms. The molecule has 1 aliphatic rings. The Morgan fingerprint density at radius 1 is 1.33 bits per heavy atom. The Morgan fingerprint density at radius 2 is 2.05 bits per heavy atom. The second kappa shape index (κ2) is 5.63. The van der Waals surface area contributed by atoms with Crippen LogP contribution in [0.25, 0.3) is 0 Å². The molecule has 114 valence electrons. The molecule has 0 spiro atoms. The third-order valence-electron chi connectivity index (χ3n) is 3.06. The van der Waals surface area contributed by atoms with Crippen molar-refractivity contribution in [3.8, 4) is 5.75 Å². The maximum Gasteiger partial charge on any atom is 0.471 e. The lowest BCUT2D eigenvalue weighted by Crippen LogP contribution is -2.40. The standard InChI is InChI=1S/C13H12F3NO4/c14-13(15,16)12(20)17-5-4-10(7-17)21-9-3-1-2-8(6-9)11(18)19/h1-3,6,10H,4-5,7H2,(H,18,19). The summed E-state index contributed by atoms with van der Waals surface area (Å²) in [5.74, 6) is -2.75. The molecule has 1 aromatic rings. The highest BCUT2D eigenvalue weighted by molar-refractivity contribution is 5.88. The minimum atomic E-state index is -4.89. The summed E-state index contributed by atoms with van der Waals surface area (Å²) in [4.78, 5) is 22.6. The number of aromatic carboxylic acids is 1. The first-order chi connectivity index (χ1) is 9.77. The van der Waals surface area contributed by atoms with E-state index in [1.807, 2.05) is 0 Å². The zero-order valence-corrected chi connectivity index (χ0v) is 10.8. The van der Waals surface area contributed by atoms with Crippen LogP contribution in [-0.2, 0) is 4.79 Å². The van der Waals surface area contributed by atoms with Gasteiger partial charge in [-0.1, -0.05) is 6.07 Å². The number of likely N-dealkylation sites (tertiary alicyclic amines) is 1. The molecule has 1 heterocycles. The second-order valence-corrected chi connectivity index (χ2v) is 4.61. The third kappa shape index (κ3) is 3.65. The van der Waals surface area contributed by atoms with Crippen LogP contribution in [0.1, 0.15) is 16.8 Å². The van der Waals surface area contributed by atoms with Gasteiger partial charge in [-0.3, -0.25) is 4.79 Å². The fourth-order valence-corrected chi connectivity index (χ4v) is 2.08. The predicted molar refractivity (Wildman–Crippen MR) is 65.1 cm³/mol. The van der Waals surface area contributed by atoms with Gasteiger partial charge in [-0.05, 0) is 18.2 Å². The van der Waals surface area contributed by atoms with Gasteiger partial charge >= 0.3 is 18.1 Å². The van der Waals surface area contributed by atoms with Crippen molar-refractivity contribution in [1.82, 2.24) is 4.90 Å². The maximum absolute atomic E-state index is 12.3. The SMILES string of the molecule is O=C(O)c1cccc(OC2CCN(C(=O)C(F)(F)F)C2)c1. The molecule has 1 amide bonds. The lowest BCUT2D eigenvalue weighted by molar-refractivity contribution is -0.184. The van der Waals surface area contributed by atoms with Crippen LogP contribution in [0.15, 0.2) is 24.3 Å². The van der Waals surface area contributed by atoms with E-state index in [1.165, 1.54) is 24.3 Å². The summed E-state index contributed by atoms with van der Waals surface area (Å²) in [6.07, 6.45) is -5.21. The van der Waals surface area contributed by atoms with Crippen LogP contribution < -0.4 is 4.74 Å². The van der Waals surface area contributed by atoms with Gasteiger partial charge in [0.2, 0.25) is 0 Å². The maximum atomic E-state index is 12.3. The first kappa shape index (κ1) is 15.1. The van der Waals surface area contributed by atoms with Crippen LogP contribution in [0.2, 0.25) is 0 Å². The Morgan fingerprint density at radius 3 is 2.67 bits per heavy atom. The number of carbonyl (C=O) groups excluding carboxylic acids is 1. The molecule has 1 aromatic carbocycles. The van der Waals surface area contributed by atoms with Crippen LogP contribution >= 0.6 is 0 Å². The number of alkyl halides is 3. The number of amides is 1. The van der Waals surface area contributed by atoms with Gasteiger partial charge in [-0.2, -0.15) is 13.2 Å². The number of carboxylic acids is 1. The van der Waals surface area contributed by atoms with Gasteiger partial charge in [-0.25, -0.2) is 4.79 Å². The number of carbonyl (C=O) groups is 2. The quantitative estimate of drug-likeness (QED) is 0.926. The van der Waals surface area contributed by atoms with Gasteiger partial charge in [0.1, 0.15) is 11.9 Å². The van der Waals surface area contributed by atoms with E-state index >= 15 is 0 Å². The van der Waals surface area contributed by atoms with Crippen molar-refractivity contribution in [2.75, 3.05) is 13.1 Å². The van der Waals surface area contributed by atoms with Crippen LogP contribution in [0.5, 0.6) is 5.75 Å². The van der Waals surface area contributed by atoms with E-state index in [-0.39, 0.29) is 30.8 Å². The largest absolute Gasteiger partial charge is 0.488 e. The number of hydrogen-bond acceptors (Lipinski definition) is 3. The average molecular weight is 303 g/mol. The number of hydrogen-bond donors (Lipinski definition) is 1. The van der Waals surface area contributed by atoms with Crippen molar-refractivity contribution >= 4 is 11.9 Å². The molecule has 0 bridgehead atoms. The van der Waals surface area contributed by atoms with Crippen molar-refractivity contribution in [2.45, 2.75) is 18.7 Å². The molecular formula is C13H12F3NO4. The first-order valence-electron chi connectivity index (χ1n) is 6.13. The fourth-order valence-electron chi connectivity index (χ4n) is 2.08. The summed E-state index contributed by atoms with van der Waals surface area (Å²) >= 11 is 0. The highest BCUT2D eigenvalue weighted by Gasteiger charge is 2.44. The van der Waals surface area contributed by atoms with Gasteiger partial charge in [0.25, 0.3) is 0 Å². The average Bonchev–Trinajstić information content (AvgIpc) is 2.85. The Bertz CT molecular complexity index is 559. The molecule has 1 aliphatic heterocycles. The van der Waals surface area contributed by atoms with E-state index in [0.29, 0.717) is 4.90 Å². The minimum Gasteiger partial charge on any atom is -0.488 e. The van der Waals surface area contributed by atoms with Crippen LogP contribution in [0.3, 0.4) is 0 Å². The van der Waals surface area contributed by atoms with Crippen molar-refractivity contribution in [2.24, 2.45) is 0 Å². The molecule has 0 radical (unpaired) electrons. The monoisotopic (exact) mass is 303 g/mol. The molecule has 1 fully saturated rings. The molecule has 1 N–H and O–H groups in total. The van der Waals surface area contributed by atoms with E-state index in [1.54, 1.807) is 0 Å². The number of halogens is 3. The van der Waals surface area contributed by atoms with Gasteiger partial charge in [-0.15, -0.1) is 0 Å². The molecule has 0 aliphatic carbocycles. The fraction of sp³-hybridized carbons (Fsp3) is 0.385. The predicted octanol–water partition coefficient (Wildman–Crippen LogP) is 1.93. The molecule has 1 unspecified atom stereocenters. The summed E-state index contributed by atoms with van der Waals surface area (Å²) in [7, 11) is 0. The minimum absolute atomic E-state index is 0.0220. The van der Waals surface area contributed by atoms with Gasteiger partial charge in [0, 0.05) is 13.0 Å². The summed E-state index contributed by atoms with van der Waals surface area (Å²) in [6, 6.07) is 5.66. The van der Waals surface area contributed by atoms with Gasteiger partial charge in [0.05, 0.1) is 12.1 Å². The number of ether oxygens (including phenoxy) is 1. The van der Waals surface area contributed by atoms with Crippen molar-refractivity contribution < 1.29 is 32.6 Å². The Kier molecular flexibility index (Phi) is 4.06.